The van der Waals surface area contributed by atoms with Crippen molar-refractivity contribution in [1.82, 2.24) is 5.32 Å². The molecule has 2 aliphatic carbocycles. The molecule has 3 unspecified atom stereocenters. The van der Waals surface area contributed by atoms with Gasteiger partial charge in [0.25, 0.3) is 0 Å². The molecular formula is C14H24N2O. The third-order valence-electron chi connectivity index (χ3n) is 4.28. The molecule has 2 rings (SSSR count). The lowest BCUT2D eigenvalue weighted by Gasteiger charge is -2.39. The van der Waals surface area contributed by atoms with Crippen LogP contribution in [0.25, 0.3) is 0 Å². The molecule has 0 spiro atoms. The summed E-state index contributed by atoms with van der Waals surface area (Å²) in [5.41, 5.74) is 6.02. The molecule has 1 saturated carbocycles. The van der Waals surface area contributed by atoms with Crippen LogP contribution >= 0.6 is 0 Å². The topological polar surface area (TPSA) is 55.1 Å². The zero-order valence-electron chi connectivity index (χ0n) is 10.9. The van der Waals surface area contributed by atoms with Gasteiger partial charge in [0, 0.05) is 12.1 Å². The van der Waals surface area contributed by atoms with Crippen molar-refractivity contribution in [3.63, 3.8) is 0 Å². The summed E-state index contributed by atoms with van der Waals surface area (Å²) < 4.78 is 0. The fourth-order valence-electron chi connectivity index (χ4n) is 2.96. The molecule has 3 nitrogen and oxygen atoms in total. The highest BCUT2D eigenvalue weighted by atomic mass is 16.1. The van der Waals surface area contributed by atoms with Gasteiger partial charge in [0.15, 0.2) is 0 Å². The lowest BCUT2D eigenvalue weighted by Crippen LogP contribution is -2.48. The predicted molar refractivity (Wildman–Crippen MR) is 69.4 cm³/mol. The molecule has 3 N–H and O–H groups in total. The van der Waals surface area contributed by atoms with Crippen molar-refractivity contribution >= 4 is 5.91 Å². The van der Waals surface area contributed by atoms with Crippen molar-refractivity contribution in [2.75, 3.05) is 0 Å². The van der Waals surface area contributed by atoms with Crippen LogP contribution in [-0.2, 0) is 4.79 Å². The summed E-state index contributed by atoms with van der Waals surface area (Å²) in [6, 6.07) is 0.388. The van der Waals surface area contributed by atoms with Gasteiger partial charge in [0.05, 0.1) is 5.92 Å². The van der Waals surface area contributed by atoms with Crippen LogP contribution in [0.4, 0.5) is 0 Å². The number of nitrogens with one attached hydrogen (secondary N) is 1. The zero-order chi connectivity index (χ0) is 12.5. The molecule has 3 atom stereocenters. The van der Waals surface area contributed by atoms with Gasteiger partial charge in [-0.2, -0.15) is 0 Å². The van der Waals surface area contributed by atoms with E-state index in [4.69, 9.17) is 5.73 Å². The smallest absolute Gasteiger partial charge is 0.227 e. The Hall–Kier alpha value is -0.830. The Bertz CT molecular complexity index is 322. The lowest BCUT2D eigenvalue weighted by molar-refractivity contribution is -0.125. The van der Waals surface area contributed by atoms with E-state index in [0.29, 0.717) is 6.04 Å². The maximum atomic E-state index is 12.1. The summed E-state index contributed by atoms with van der Waals surface area (Å²) >= 11 is 0. The molecular weight excluding hydrogens is 212 g/mol. The molecule has 0 aromatic rings. The summed E-state index contributed by atoms with van der Waals surface area (Å²) in [6.45, 7) is 4.51. The van der Waals surface area contributed by atoms with E-state index < -0.39 is 0 Å². The number of carbonyl (C=O) groups excluding carboxylic acids is 1. The van der Waals surface area contributed by atoms with Gasteiger partial charge in [0.2, 0.25) is 5.91 Å². The highest BCUT2D eigenvalue weighted by molar-refractivity contribution is 5.81. The summed E-state index contributed by atoms with van der Waals surface area (Å²) in [5.74, 6) is 0.150. The van der Waals surface area contributed by atoms with Crippen molar-refractivity contribution in [2.45, 2.75) is 58.0 Å². The van der Waals surface area contributed by atoms with E-state index in [2.05, 4.69) is 19.2 Å². The van der Waals surface area contributed by atoms with Gasteiger partial charge in [-0.05, 0) is 24.7 Å². The van der Waals surface area contributed by atoms with Gasteiger partial charge in [-0.15, -0.1) is 0 Å². The molecule has 0 saturated heterocycles. The molecule has 2 aliphatic rings. The Kier molecular flexibility index (Phi) is 3.57. The third-order valence-corrected chi connectivity index (χ3v) is 4.28. The number of hydrogen-bond donors (Lipinski definition) is 2. The SMILES string of the molecule is CC1(C)CCCCC1NC(=O)C1C=CC(N)C1. The molecule has 96 valence electrons. The Morgan fingerprint density at radius 3 is 2.71 bits per heavy atom. The van der Waals surface area contributed by atoms with Gasteiger partial charge >= 0.3 is 0 Å². The normalized spacial score (nSPS) is 35.8. The first-order valence-corrected chi connectivity index (χ1v) is 6.73. The first-order chi connectivity index (χ1) is 7.99. The molecule has 1 fully saturated rings. The molecule has 0 aromatic carbocycles. The second-order valence-electron chi connectivity index (χ2n) is 6.19. The molecule has 0 heterocycles. The average Bonchev–Trinajstić information content (AvgIpc) is 2.68. The van der Waals surface area contributed by atoms with Gasteiger partial charge in [-0.3, -0.25) is 4.79 Å². The highest BCUT2D eigenvalue weighted by Gasteiger charge is 2.34. The Balaban J connectivity index is 1.92. The highest BCUT2D eigenvalue weighted by Crippen LogP contribution is 2.35. The number of nitrogens with two attached hydrogens (primary N) is 1. The van der Waals surface area contributed by atoms with Gasteiger partial charge in [-0.25, -0.2) is 0 Å². The van der Waals surface area contributed by atoms with Crippen LogP contribution in [0, 0.1) is 11.3 Å². The van der Waals surface area contributed by atoms with E-state index in [1.54, 1.807) is 0 Å². The van der Waals surface area contributed by atoms with E-state index in [0.717, 1.165) is 12.8 Å². The van der Waals surface area contributed by atoms with Crippen LogP contribution in [0.15, 0.2) is 12.2 Å². The van der Waals surface area contributed by atoms with E-state index in [1.165, 1.54) is 19.3 Å². The second kappa shape index (κ2) is 4.81. The van der Waals surface area contributed by atoms with Crippen LogP contribution in [0.2, 0.25) is 0 Å². The Labute approximate surface area is 104 Å². The van der Waals surface area contributed by atoms with Crippen LogP contribution in [0.3, 0.4) is 0 Å². The van der Waals surface area contributed by atoms with Crippen LogP contribution in [-0.4, -0.2) is 18.0 Å². The fourth-order valence-corrected chi connectivity index (χ4v) is 2.96. The molecule has 0 aromatic heterocycles. The number of amides is 1. The standard InChI is InChI=1S/C14H24N2O/c1-14(2)8-4-3-5-12(14)16-13(17)10-6-7-11(15)9-10/h6-7,10-12H,3-5,8-9,15H2,1-2H3,(H,16,17). The van der Waals surface area contributed by atoms with E-state index >= 15 is 0 Å². The third kappa shape index (κ3) is 2.89. The lowest BCUT2D eigenvalue weighted by atomic mass is 9.73. The summed E-state index contributed by atoms with van der Waals surface area (Å²) in [6.07, 6.45) is 9.49. The Morgan fingerprint density at radius 2 is 2.12 bits per heavy atom. The summed E-state index contributed by atoms with van der Waals surface area (Å²) in [5, 5.41) is 3.23. The van der Waals surface area contributed by atoms with Gasteiger partial charge < -0.3 is 11.1 Å². The van der Waals surface area contributed by atoms with E-state index in [1.807, 2.05) is 12.2 Å². The number of carbonyl (C=O) groups is 1. The van der Waals surface area contributed by atoms with Crippen molar-refractivity contribution in [3.05, 3.63) is 12.2 Å². The molecule has 0 radical (unpaired) electrons. The first kappa shape index (κ1) is 12.6. The fraction of sp³-hybridized carbons (Fsp3) is 0.786. The first-order valence-electron chi connectivity index (χ1n) is 6.73. The maximum Gasteiger partial charge on any atom is 0.227 e. The van der Waals surface area contributed by atoms with Gasteiger partial charge in [0.1, 0.15) is 0 Å². The van der Waals surface area contributed by atoms with Crippen molar-refractivity contribution < 1.29 is 4.79 Å². The van der Waals surface area contributed by atoms with Gasteiger partial charge in [-0.1, -0.05) is 38.8 Å². The van der Waals surface area contributed by atoms with Crippen molar-refractivity contribution in [3.8, 4) is 0 Å². The van der Waals surface area contributed by atoms with Crippen LogP contribution < -0.4 is 11.1 Å². The average molecular weight is 236 g/mol. The summed E-state index contributed by atoms with van der Waals surface area (Å²) in [7, 11) is 0. The molecule has 3 heteroatoms. The number of hydrogen-bond acceptors (Lipinski definition) is 2. The summed E-state index contributed by atoms with van der Waals surface area (Å²) in [4.78, 5) is 12.1. The predicted octanol–water partition coefficient (Wildman–Crippen LogP) is 1.97. The van der Waals surface area contributed by atoms with Crippen molar-refractivity contribution in [2.24, 2.45) is 17.1 Å². The number of rotatable bonds is 2. The van der Waals surface area contributed by atoms with E-state index in [9.17, 15) is 4.79 Å². The maximum absolute atomic E-state index is 12.1. The minimum absolute atomic E-state index is 0.0114. The molecule has 1 amide bonds. The Morgan fingerprint density at radius 1 is 1.35 bits per heavy atom. The van der Waals surface area contributed by atoms with Crippen LogP contribution in [0.5, 0.6) is 0 Å². The second-order valence-corrected chi connectivity index (χ2v) is 6.19. The minimum Gasteiger partial charge on any atom is -0.352 e. The molecule has 17 heavy (non-hydrogen) atoms. The quantitative estimate of drug-likeness (QED) is 0.720. The zero-order valence-corrected chi connectivity index (χ0v) is 10.9. The van der Waals surface area contributed by atoms with Crippen LogP contribution in [0.1, 0.15) is 46.0 Å². The van der Waals surface area contributed by atoms with E-state index in [-0.39, 0.29) is 23.3 Å². The molecule has 0 aliphatic heterocycles. The largest absolute Gasteiger partial charge is 0.352 e. The van der Waals surface area contributed by atoms with Crippen molar-refractivity contribution in [1.29, 1.82) is 0 Å². The monoisotopic (exact) mass is 236 g/mol. The molecule has 0 bridgehead atoms. The minimum atomic E-state index is -0.0114.